The average Bonchev–Trinajstić information content (AvgIpc) is 2.60. The van der Waals surface area contributed by atoms with Gasteiger partial charge in [0, 0.05) is 6.20 Å². The van der Waals surface area contributed by atoms with Gasteiger partial charge in [-0.15, -0.1) is 0 Å². The normalized spacial score (nSPS) is 17.2. The van der Waals surface area contributed by atoms with Gasteiger partial charge in [-0.05, 0) is 25.3 Å². The summed E-state index contributed by atoms with van der Waals surface area (Å²) in [5.41, 5.74) is -0.229. The van der Waals surface area contributed by atoms with Crippen molar-refractivity contribution in [2.45, 2.75) is 31.2 Å². The van der Waals surface area contributed by atoms with Crippen LogP contribution in [0.25, 0.3) is 0 Å². The van der Waals surface area contributed by atoms with Gasteiger partial charge >= 0.3 is 5.97 Å². The summed E-state index contributed by atoms with van der Waals surface area (Å²) in [5.74, 6) is -1.20. The molecule has 1 aromatic rings. The maximum absolute atomic E-state index is 11.9. The first-order chi connectivity index (χ1) is 8.01. The Balaban J connectivity index is 2.04. The molecule has 0 atom stereocenters. The van der Waals surface area contributed by atoms with Crippen LogP contribution < -0.4 is 5.32 Å². The Labute approximate surface area is 103 Å². The summed E-state index contributed by atoms with van der Waals surface area (Å²) in [6, 6.07) is 1.52. The Morgan fingerprint density at radius 2 is 2.24 bits per heavy atom. The molecule has 1 aliphatic carbocycles. The monoisotopic (exact) mass is 256 g/mol. The molecule has 1 amide bonds. The van der Waals surface area contributed by atoms with Gasteiger partial charge in [0.1, 0.15) is 5.69 Å². The summed E-state index contributed by atoms with van der Waals surface area (Å²) in [6.45, 7) is 0. The Morgan fingerprint density at radius 1 is 1.53 bits per heavy atom. The number of hydrogen-bond acceptors (Lipinski definition) is 2. The molecule has 17 heavy (non-hydrogen) atoms. The molecule has 6 heteroatoms. The smallest absolute Gasteiger partial charge is 0.305 e. The summed E-state index contributed by atoms with van der Waals surface area (Å²) in [5, 5.41) is 12.1. The molecular formula is C11H13ClN2O3. The number of aliphatic carboxylic acids is 1. The van der Waals surface area contributed by atoms with Crippen molar-refractivity contribution in [2.24, 2.45) is 0 Å². The lowest BCUT2D eigenvalue weighted by atomic mass is 9.74. The van der Waals surface area contributed by atoms with Gasteiger partial charge < -0.3 is 15.4 Å². The highest BCUT2D eigenvalue weighted by Gasteiger charge is 2.40. The molecule has 0 spiro atoms. The van der Waals surface area contributed by atoms with E-state index in [1.54, 1.807) is 0 Å². The molecule has 0 aliphatic heterocycles. The fraction of sp³-hybridized carbons (Fsp3) is 0.455. The second kappa shape index (κ2) is 4.41. The van der Waals surface area contributed by atoms with Gasteiger partial charge in [0.25, 0.3) is 5.91 Å². The van der Waals surface area contributed by atoms with Gasteiger partial charge in [0.05, 0.1) is 17.0 Å². The summed E-state index contributed by atoms with van der Waals surface area (Å²) >= 11 is 5.70. The molecule has 5 nitrogen and oxygen atoms in total. The number of amides is 1. The van der Waals surface area contributed by atoms with Crippen LogP contribution in [-0.4, -0.2) is 27.5 Å². The zero-order valence-electron chi connectivity index (χ0n) is 9.12. The number of carbonyl (C=O) groups excluding carboxylic acids is 1. The lowest BCUT2D eigenvalue weighted by Crippen LogP contribution is -2.54. The molecule has 1 aromatic heterocycles. The first kappa shape index (κ1) is 12.0. The van der Waals surface area contributed by atoms with Crippen molar-refractivity contribution < 1.29 is 14.7 Å². The van der Waals surface area contributed by atoms with E-state index in [4.69, 9.17) is 16.7 Å². The molecule has 2 rings (SSSR count). The van der Waals surface area contributed by atoms with Crippen molar-refractivity contribution >= 4 is 23.5 Å². The highest BCUT2D eigenvalue weighted by atomic mass is 35.5. The maximum atomic E-state index is 11.9. The highest BCUT2D eigenvalue weighted by Crippen LogP contribution is 2.35. The van der Waals surface area contributed by atoms with E-state index in [1.165, 1.54) is 12.3 Å². The van der Waals surface area contributed by atoms with E-state index in [0.717, 1.165) is 6.42 Å². The van der Waals surface area contributed by atoms with Crippen LogP contribution in [0.2, 0.25) is 5.02 Å². The molecule has 92 valence electrons. The van der Waals surface area contributed by atoms with Gasteiger partial charge in [-0.2, -0.15) is 0 Å². The molecule has 1 aliphatic rings. The van der Waals surface area contributed by atoms with Crippen LogP contribution >= 0.6 is 11.6 Å². The second-order valence-electron chi connectivity index (χ2n) is 4.39. The molecule has 0 bridgehead atoms. The fourth-order valence-corrected chi connectivity index (χ4v) is 2.21. The van der Waals surface area contributed by atoms with Gasteiger partial charge in [-0.1, -0.05) is 11.6 Å². The molecule has 1 heterocycles. The van der Waals surface area contributed by atoms with E-state index in [-0.39, 0.29) is 12.3 Å². The van der Waals surface area contributed by atoms with Crippen LogP contribution in [-0.2, 0) is 4.79 Å². The van der Waals surface area contributed by atoms with Crippen LogP contribution in [0.15, 0.2) is 12.3 Å². The Morgan fingerprint density at radius 3 is 2.65 bits per heavy atom. The third kappa shape index (κ3) is 2.61. The minimum absolute atomic E-state index is 0.0345. The van der Waals surface area contributed by atoms with E-state index < -0.39 is 11.5 Å². The third-order valence-electron chi connectivity index (χ3n) is 3.07. The predicted octanol–water partition coefficient (Wildman–Crippen LogP) is 1.80. The number of aromatic amines is 1. The third-order valence-corrected chi connectivity index (χ3v) is 3.29. The highest BCUT2D eigenvalue weighted by molar-refractivity contribution is 6.30. The van der Waals surface area contributed by atoms with Gasteiger partial charge in [0.2, 0.25) is 0 Å². The molecule has 0 radical (unpaired) electrons. The van der Waals surface area contributed by atoms with E-state index in [2.05, 4.69) is 10.3 Å². The van der Waals surface area contributed by atoms with Crippen LogP contribution in [0.1, 0.15) is 36.2 Å². The van der Waals surface area contributed by atoms with E-state index >= 15 is 0 Å². The Bertz CT molecular complexity index is 451. The van der Waals surface area contributed by atoms with Crippen LogP contribution in [0, 0.1) is 0 Å². The number of carbonyl (C=O) groups is 2. The Kier molecular flexibility index (Phi) is 3.11. The topological polar surface area (TPSA) is 82.2 Å². The van der Waals surface area contributed by atoms with Gasteiger partial charge in [0.15, 0.2) is 0 Å². The number of rotatable bonds is 4. The number of carboxylic acid groups (broad SMARTS) is 1. The van der Waals surface area contributed by atoms with Crippen LogP contribution in [0.3, 0.4) is 0 Å². The van der Waals surface area contributed by atoms with Crippen LogP contribution in [0.5, 0.6) is 0 Å². The summed E-state index contributed by atoms with van der Waals surface area (Å²) in [4.78, 5) is 25.3. The number of aromatic nitrogens is 1. The quantitative estimate of drug-likeness (QED) is 0.768. The number of carboxylic acids is 1. The van der Waals surface area contributed by atoms with Crippen molar-refractivity contribution in [1.29, 1.82) is 0 Å². The van der Waals surface area contributed by atoms with Crippen molar-refractivity contribution in [3.05, 3.63) is 23.0 Å². The van der Waals surface area contributed by atoms with Crippen molar-refractivity contribution in [3.8, 4) is 0 Å². The van der Waals surface area contributed by atoms with Crippen molar-refractivity contribution in [2.75, 3.05) is 0 Å². The molecule has 1 saturated carbocycles. The zero-order valence-corrected chi connectivity index (χ0v) is 9.88. The van der Waals surface area contributed by atoms with E-state index in [9.17, 15) is 9.59 Å². The second-order valence-corrected chi connectivity index (χ2v) is 4.83. The standard InChI is InChI=1S/C11H13ClN2O3/c12-7-4-8(13-6-7)10(17)14-11(2-1-3-11)5-9(15)16/h4,6,13H,1-3,5H2,(H,14,17)(H,15,16). The molecule has 0 saturated heterocycles. The number of halogens is 1. The largest absolute Gasteiger partial charge is 0.481 e. The molecule has 1 fully saturated rings. The predicted molar refractivity (Wildman–Crippen MR) is 62.1 cm³/mol. The number of nitrogens with one attached hydrogen (secondary N) is 2. The Hall–Kier alpha value is -1.49. The molecule has 0 unspecified atom stereocenters. The lowest BCUT2D eigenvalue weighted by molar-refractivity contribution is -0.139. The minimum Gasteiger partial charge on any atom is -0.481 e. The summed E-state index contributed by atoms with van der Waals surface area (Å²) in [7, 11) is 0. The molecule has 3 N–H and O–H groups in total. The van der Waals surface area contributed by atoms with E-state index in [1.807, 2.05) is 0 Å². The SMILES string of the molecule is O=C(O)CC1(NC(=O)c2cc(Cl)c[nH]2)CCC1. The lowest BCUT2D eigenvalue weighted by Gasteiger charge is -2.41. The summed E-state index contributed by atoms with van der Waals surface area (Å²) < 4.78 is 0. The first-order valence-electron chi connectivity index (χ1n) is 5.39. The van der Waals surface area contributed by atoms with Gasteiger partial charge in [-0.3, -0.25) is 9.59 Å². The van der Waals surface area contributed by atoms with Gasteiger partial charge in [-0.25, -0.2) is 0 Å². The minimum atomic E-state index is -0.894. The van der Waals surface area contributed by atoms with Crippen molar-refractivity contribution in [1.82, 2.24) is 10.3 Å². The molecular weight excluding hydrogens is 244 g/mol. The average molecular weight is 257 g/mol. The number of H-pyrrole nitrogens is 1. The maximum Gasteiger partial charge on any atom is 0.305 e. The van der Waals surface area contributed by atoms with Crippen LogP contribution in [0.4, 0.5) is 0 Å². The van der Waals surface area contributed by atoms with Crippen molar-refractivity contribution in [3.63, 3.8) is 0 Å². The first-order valence-corrected chi connectivity index (χ1v) is 5.77. The van der Waals surface area contributed by atoms with E-state index in [0.29, 0.717) is 23.6 Å². The zero-order chi connectivity index (χ0) is 12.5. The summed E-state index contributed by atoms with van der Waals surface area (Å²) in [6.07, 6.45) is 3.84. The fourth-order valence-electron chi connectivity index (χ4n) is 2.05. The number of hydrogen-bond donors (Lipinski definition) is 3. The molecule has 0 aromatic carbocycles.